The Morgan fingerprint density at radius 1 is 0.974 bits per heavy atom. The Kier molecular flexibility index (Phi) is 8.99. The van der Waals surface area contributed by atoms with Crippen molar-refractivity contribution in [3.63, 3.8) is 0 Å². The molecule has 1 aliphatic carbocycles. The summed E-state index contributed by atoms with van der Waals surface area (Å²) in [7, 11) is 2.97. The second-order valence-corrected chi connectivity index (χ2v) is 9.69. The number of halogens is 1. The number of Topliss-reactive ketones (excluding diaryl/α,β-unsaturated/α-hetero) is 2. The minimum absolute atomic E-state index is 0.0677. The maximum absolute atomic E-state index is 13.6. The van der Waals surface area contributed by atoms with Crippen molar-refractivity contribution in [3.8, 4) is 17.2 Å². The topological polar surface area (TPSA) is 91.4 Å². The molecule has 38 heavy (non-hydrogen) atoms. The first-order chi connectivity index (χ1) is 18.3. The van der Waals surface area contributed by atoms with Crippen molar-refractivity contribution in [3.05, 3.63) is 53.3 Å². The number of carbonyl (C=O) groups is 3. The minimum atomic E-state index is -0.432. The summed E-state index contributed by atoms with van der Waals surface area (Å²) in [5.41, 5.74) is 0.786. The van der Waals surface area contributed by atoms with Gasteiger partial charge in [-0.3, -0.25) is 14.4 Å². The standard InChI is InChI=1S/C29H34FNO7/c1-18(32)22-12-13-25(35-2)28(36-3)27(22)38-17-21-16-31(14-15-37-21)29(34)24-7-5-4-6-23(24)26(33)19-8-10-20(30)11-9-19/h8-13,21,23-24H,4-7,14-17H2,1-3H3. The van der Waals surface area contributed by atoms with Crippen LogP contribution < -0.4 is 14.2 Å². The minimum Gasteiger partial charge on any atom is -0.493 e. The quantitative estimate of drug-likeness (QED) is 0.448. The van der Waals surface area contributed by atoms with E-state index >= 15 is 0 Å². The molecule has 1 saturated heterocycles. The third-order valence-electron chi connectivity index (χ3n) is 7.29. The fourth-order valence-electron chi connectivity index (χ4n) is 5.32. The molecule has 2 aromatic rings. The number of ketones is 2. The van der Waals surface area contributed by atoms with Gasteiger partial charge < -0.3 is 23.8 Å². The zero-order chi connectivity index (χ0) is 27.2. The number of hydrogen-bond donors (Lipinski definition) is 0. The highest BCUT2D eigenvalue weighted by molar-refractivity contribution is 6.00. The number of carbonyl (C=O) groups excluding carboxylic acids is 3. The Bertz CT molecular complexity index is 1170. The van der Waals surface area contributed by atoms with Crippen LogP contribution in [0.2, 0.25) is 0 Å². The summed E-state index contributed by atoms with van der Waals surface area (Å²) >= 11 is 0. The molecule has 1 aliphatic heterocycles. The van der Waals surface area contributed by atoms with Crippen LogP contribution in [0.1, 0.15) is 53.3 Å². The highest BCUT2D eigenvalue weighted by atomic mass is 19.1. The van der Waals surface area contributed by atoms with Crippen LogP contribution >= 0.6 is 0 Å². The highest BCUT2D eigenvalue weighted by Crippen LogP contribution is 2.40. The number of nitrogens with zero attached hydrogens (tertiary/aromatic N) is 1. The van der Waals surface area contributed by atoms with E-state index in [1.807, 2.05) is 0 Å². The van der Waals surface area contributed by atoms with E-state index in [9.17, 15) is 18.8 Å². The fraction of sp³-hybridized carbons (Fsp3) is 0.483. The molecule has 9 heteroatoms. The molecular weight excluding hydrogens is 493 g/mol. The molecule has 1 heterocycles. The van der Waals surface area contributed by atoms with Crippen LogP contribution in [-0.2, 0) is 9.53 Å². The maximum Gasteiger partial charge on any atom is 0.226 e. The van der Waals surface area contributed by atoms with E-state index in [2.05, 4.69) is 0 Å². The molecule has 8 nitrogen and oxygen atoms in total. The van der Waals surface area contributed by atoms with Crippen molar-refractivity contribution in [2.24, 2.45) is 11.8 Å². The smallest absolute Gasteiger partial charge is 0.226 e. The lowest BCUT2D eigenvalue weighted by atomic mass is 9.74. The van der Waals surface area contributed by atoms with Gasteiger partial charge in [0.25, 0.3) is 0 Å². The van der Waals surface area contributed by atoms with Crippen molar-refractivity contribution < 1.29 is 37.7 Å². The number of rotatable bonds is 9. The molecule has 2 aromatic carbocycles. The van der Waals surface area contributed by atoms with Crippen molar-refractivity contribution >= 4 is 17.5 Å². The van der Waals surface area contributed by atoms with Crippen LogP contribution in [0.25, 0.3) is 0 Å². The summed E-state index contributed by atoms with van der Waals surface area (Å²) in [4.78, 5) is 40.8. The second kappa shape index (κ2) is 12.4. The van der Waals surface area contributed by atoms with Crippen molar-refractivity contribution in [1.29, 1.82) is 0 Å². The Morgan fingerprint density at radius 3 is 2.34 bits per heavy atom. The van der Waals surface area contributed by atoms with E-state index in [0.29, 0.717) is 55.2 Å². The lowest BCUT2D eigenvalue weighted by Crippen LogP contribution is -2.51. The number of benzene rings is 2. The Morgan fingerprint density at radius 2 is 1.68 bits per heavy atom. The van der Waals surface area contributed by atoms with Gasteiger partial charge in [-0.25, -0.2) is 4.39 Å². The van der Waals surface area contributed by atoms with E-state index in [1.54, 1.807) is 17.0 Å². The van der Waals surface area contributed by atoms with E-state index < -0.39 is 23.8 Å². The van der Waals surface area contributed by atoms with E-state index in [-0.39, 0.29) is 29.8 Å². The summed E-state index contributed by atoms with van der Waals surface area (Å²) in [5, 5.41) is 0. The number of hydrogen-bond acceptors (Lipinski definition) is 7. The Hall–Kier alpha value is -3.46. The normalized spacial score (nSPS) is 21.5. The molecule has 0 bridgehead atoms. The summed E-state index contributed by atoms with van der Waals surface area (Å²) in [5.74, 6) is -0.611. The SMILES string of the molecule is COc1ccc(C(C)=O)c(OCC2CN(C(=O)C3CCCCC3C(=O)c3ccc(F)cc3)CCO2)c1OC. The number of methoxy groups -OCH3 is 2. The molecule has 1 amide bonds. The molecule has 2 aliphatic rings. The van der Waals surface area contributed by atoms with Gasteiger partial charge in [-0.15, -0.1) is 0 Å². The first kappa shape index (κ1) is 27.6. The first-order valence-corrected chi connectivity index (χ1v) is 12.9. The molecule has 0 radical (unpaired) electrons. The molecule has 2 fully saturated rings. The largest absolute Gasteiger partial charge is 0.493 e. The average Bonchev–Trinajstić information content (AvgIpc) is 2.95. The van der Waals surface area contributed by atoms with Crippen LogP contribution in [0.4, 0.5) is 4.39 Å². The molecular formula is C29H34FNO7. The van der Waals surface area contributed by atoms with E-state index in [4.69, 9.17) is 18.9 Å². The number of morpholine rings is 1. The summed E-state index contributed by atoms with van der Waals surface area (Å²) < 4.78 is 36.1. The van der Waals surface area contributed by atoms with E-state index in [1.165, 1.54) is 45.4 Å². The van der Waals surface area contributed by atoms with Crippen LogP contribution in [0, 0.1) is 17.7 Å². The van der Waals surface area contributed by atoms with Crippen LogP contribution in [0.15, 0.2) is 36.4 Å². The van der Waals surface area contributed by atoms with Gasteiger partial charge in [-0.1, -0.05) is 12.8 Å². The molecule has 0 aromatic heterocycles. The molecule has 4 rings (SSSR count). The molecule has 0 spiro atoms. The monoisotopic (exact) mass is 527 g/mol. The van der Waals surface area contributed by atoms with Crippen LogP contribution in [0.3, 0.4) is 0 Å². The van der Waals surface area contributed by atoms with Gasteiger partial charge in [-0.2, -0.15) is 0 Å². The predicted octanol–water partition coefficient (Wildman–Crippen LogP) is 4.34. The number of amides is 1. The lowest BCUT2D eigenvalue weighted by molar-refractivity contribution is -0.146. The van der Waals surface area contributed by atoms with Crippen molar-refractivity contribution in [2.45, 2.75) is 38.7 Å². The molecule has 3 unspecified atom stereocenters. The zero-order valence-electron chi connectivity index (χ0n) is 22.0. The maximum atomic E-state index is 13.6. The van der Waals surface area contributed by atoms with Gasteiger partial charge in [0.15, 0.2) is 23.1 Å². The third-order valence-corrected chi connectivity index (χ3v) is 7.29. The molecule has 1 saturated carbocycles. The zero-order valence-corrected chi connectivity index (χ0v) is 22.0. The predicted molar refractivity (Wildman–Crippen MR) is 138 cm³/mol. The molecule has 3 atom stereocenters. The molecule has 204 valence electrons. The van der Waals surface area contributed by atoms with Crippen LogP contribution in [0.5, 0.6) is 17.2 Å². The van der Waals surface area contributed by atoms with Gasteiger partial charge in [0.2, 0.25) is 11.7 Å². The lowest BCUT2D eigenvalue weighted by Gasteiger charge is -2.38. The van der Waals surface area contributed by atoms with Crippen molar-refractivity contribution in [1.82, 2.24) is 4.90 Å². The molecule has 0 N–H and O–H groups in total. The summed E-state index contributed by atoms with van der Waals surface area (Å²) in [6, 6.07) is 8.78. The van der Waals surface area contributed by atoms with Gasteiger partial charge >= 0.3 is 0 Å². The Balaban J connectivity index is 1.45. The van der Waals surface area contributed by atoms with Gasteiger partial charge in [0.05, 0.1) is 32.9 Å². The third kappa shape index (κ3) is 5.99. The average molecular weight is 528 g/mol. The second-order valence-electron chi connectivity index (χ2n) is 9.69. The highest BCUT2D eigenvalue weighted by Gasteiger charge is 2.39. The first-order valence-electron chi connectivity index (χ1n) is 12.9. The fourth-order valence-corrected chi connectivity index (χ4v) is 5.32. The Labute approximate surface area is 222 Å². The van der Waals surface area contributed by atoms with Gasteiger partial charge in [0, 0.05) is 23.9 Å². The van der Waals surface area contributed by atoms with Crippen molar-refractivity contribution in [2.75, 3.05) is 40.5 Å². The summed E-state index contributed by atoms with van der Waals surface area (Å²) in [6.07, 6.45) is 2.59. The van der Waals surface area contributed by atoms with Gasteiger partial charge in [-0.05, 0) is 56.2 Å². The van der Waals surface area contributed by atoms with E-state index in [0.717, 1.165) is 12.8 Å². The van der Waals surface area contributed by atoms with Crippen LogP contribution in [-0.4, -0.2) is 69.0 Å². The summed E-state index contributed by atoms with van der Waals surface area (Å²) in [6.45, 7) is 2.59. The number of ether oxygens (including phenoxy) is 4. The van der Waals surface area contributed by atoms with Gasteiger partial charge in [0.1, 0.15) is 18.5 Å².